The van der Waals surface area contributed by atoms with E-state index in [4.69, 9.17) is 14.5 Å². The van der Waals surface area contributed by atoms with E-state index >= 15 is 0 Å². The van der Waals surface area contributed by atoms with Crippen LogP contribution >= 0.6 is 0 Å². The maximum atomic E-state index is 12.4. The maximum absolute atomic E-state index is 12.4. The fraction of sp³-hybridized carbons (Fsp3) is 0.583. The van der Waals surface area contributed by atoms with Crippen molar-refractivity contribution in [3.63, 3.8) is 0 Å². The van der Waals surface area contributed by atoms with Crippen LogP contribution in [0.2, 0.25) is 0 Å². The van der Waals surface area contributed by atoms with Gasteiger partial charge in [0.1, 0.15) is 5.82 Å². The minimum absolute atomic E-state index is 0.0236. The van der Waals surface area contributed by atoms with Gasteiger partial charge in [-0.15, -0.1) is 0 Å². The normalized spacial score (nSPS) is 17.0. The molecule has 0 spiro atoms. The van der Waals surface area contributed by atoms with Crippen molar-refractivity contribution in [2.24, 2.45) is 11.8 Å². The first-order valence-electron chi connectivity index (χ1n) is 17.1. The van der Waals surface area contributed by atoms with Crippen molar-refractivity contribution in [3.05, 3.63) is 66.0 Å². The average Bonchev–Trinajstić information content (AvgIpc) is 3.40. The molecule has 5 heterocycles. The predicted octanol–water partition coefficient (Wildman–Crippen LogP) is 4.25. The van der Waals surface area contributed by atoms with Gasteiger partial charge in [0.15, 0.2) is 0 Å². The molecule has 0 radical (unpaired) electrons. The second kappa shape index (κ2) is 18.5. The Kier molecular flexibility index (Phi) is 14.2. The molecule has 2 fully saturated rings. The van der Waals surface area contributed by atoms with Gasteiger partial charge in [0.25, 0.3) is 0 Å². The Labute approximate surface area is 279 Å². The summed E-state index contributed by atoms with van der Waals surface area (Å²) in [6.07, 6.45) is 10.0. The molecule has 3 aromatic rings. The highest BCUT2D eigenvalue weighted by Gasteiger charge is 2.24. The summed E-state index contributed by atoms with van der Waals surface area (Å²) >= 11 is 0. The summed E-state index contributed by atoms with van der Waals surface area (Å²) in [5.74, 6) is 1.59. The Morgan fingerprint density at radius 3 is 2.15 bits per heavy atom. The lowest BCUT2D eigenvalue weighted by molar-refractivity contribution is -0.144. The molecule has 0 aliphatic carbocycles. The number of esters is 2. The van der Waals surface area contributed by atoms with Gasteiger partial charge in [-0.2, -0.15) is 0 Å². The Bertz CT molecular complexity index is 1410. The van der Waals surface area contributed by atoms with Crippen LogP contribution in [0.25, 0.3) is 5.52 Å². The molecule has 3 aromatic heterocycles. The average molecular weight is 649 g/mol. The van der Waals surface area contributed by atoms with Crippen molar-refractivity contribution >= 4 is 23.4 Å². The highest BCUT2D eigenvalue weighted by atomic mass is 16.5. The third kappa shape index (κ3) is 11.4. The van der Waals surface area contributed by atoms with E-state index in [1.807, 2.05) is 49.5 Å². The van der Waals surface area contributed by atoms with Crippen LogP contribution in [0.15, 0.2) is 48.8 Å². The number of ether oxygens (including phenoxy) is 2. The SMILES string of the molecule is CCOC(=O)CC(NC(=O)CC1CCN(C)CC1)c1ccccn1.CCOC(=O)Cc1nc(CC2CCN(C)CC2)n2ccccc12. The van der Waals surface area contributed by atoms with Gasteiger partial charge in [0.2, 0.25) is 5.91 Å². The van der Waals surface area contributed by atoms with Gasteiger partial charge in [-0.1, -0.05) is 12.1 Å². The molecule has 11 heteroatoms. The maximum Gasteiger partial charge on any atom is 0.311 e. The van der Waals surface area contributed by atoms with E-state index in [-0.39, 0.29) is 30.7 Å². The monoisotopic (exact) mass is 648 g/mol. The Morgan fingerprint density at radius 1 is 0.872 bits per heavy atom. The van der Waals surface area contributed by atoms with Crippen LogP contribution in [-0.2, 0) is 36.7 Å². The number of hydrogen-bond donors (Lipinski definition) is 1. The quantitative estimate of drug-likeness (QED) is 0.288. The van der Waals surface area contributed by atoms with Gasteiger partial charge >= 0.3 is 11.9 Å². The number of nitrogens with one attached hydrogen (secondary N) is 1. The lowest BCUT2D eigenvalue weighted by Gasteiger charge is -2.29. The highest BCUT2D eigenvalue weighted by Crippen LogP contribution is 2.24. The fourth-order valence-corrected chi connectivity index (χ4v) is 6.30. The molecule has 256 valence electrons. The number of piperidine rings is 2. The number of carbonyl (C=O) groups excluding carboxylic acids is 3. The minimum atomic E-state index is -0.441. The summed E-state index contributed by atoms with van der Waals surface area (Å²) in [6, 6.07) is 11.1. The second-order valence-corrected chi connectivity index (χ2v) is 12.7. The highest BCUT2D eigenvalue weighted by molar-refractivity contribution is 5.78. The molecule has 2 aliphatic rings. The zero-order valence-corrected chi connectivity index (χ0v) is 28.5. The molecule has 5 rings (SSSR count). The number of imidazole rings is 1. The topological polar surface area (TPSA) is 118 Å². The summed E-state index contributed by atoms with van der Waals surface area (Å²) in [6.45, 7) is 8.72. The third-order valence-corrected chi connectivity index (χ3v) is 8.99. The first-order chi connectivity index (χ1) is 22.7. The van der Waals surface area contributed by atoms with E-state index in [0.717, 1.165) is 62.5 Å². The summed E-state index contributed by atoms with van der Waals surface area (Å²) in [5.41, 5.74) is 2.53. The molecule has 2 aliphatic heterocycles. The first-order valence-corrected chi connectivity index (χ1v) is 17.1. The lowest BCUT2D eigenvalue weighted by atomic mass is 9.93. The van der Waals surface area contributed by atoms with Crippen molar-refractivity contribution in [2.75, 3.05) is 53.5 Å². The number of rotatable bonds is 12. The molecule has 0 saturated carbocycles. The van der Waals surface area contributed by atoms with Crippen LogP contribution < -0.4 is 5.32 Å². The molecule has 0 aromatic carbocycles. The van der Waals surface area contributed by atoms with Crippen molar-refractivity contribution in [1.29, 1.82) is 0 Å². The molecule has 0 bridgehead atoms. The van der Waals surface area contributed by atoms with Crippen molar-refractivity contribution < 1.29 is 23.9 Å². The smallest absolute Gasteiger partial charge is 0.311 e. The molecule has 1 atom stereocenters. The fourth-order valence-electron chi connectivity index (χ4n) is 6.30. The van der Waals surface area contributed by atoms with E-state index in [1.165, 1.54) is 12.8 Å². The van der Waals surface area contributed by atoms with Crippen LogP contribution in [0, 0.1) is 11.8 Å². The van der Waals surface area contributed by atoms with E-state index in [9.17, 15) is 14.4 Å². The van der Waals surface area contributed by atoms with Crippen molar-refractivity contribution in [1.82, 2.24) is 29.5 Å². The number of hydrogen-bond acceptors (Lipinski definition) is 9. The minimum Gasteiger partial charge on any atom is -0.466 e. The van der Waals surface area contributed by atoms with E-state index in [2.05, 4.69) is 38.6 Å². The van der Waals surface area contributed by atoms with Gasteiger partial charge in [-0.25, -0.2) is 4.98 Å². The molecule has 1 unspecified atom stereocenters. The first kappa shape index (κ1) is 36.0. The molecule has 11 nitrogen and oxygen atoms in total. The predicted molar refractivity (Wildman–Crippen MR) is 181 cm³/mol. The summed E-state index contributed by atoms with van der Waals surface area (Å²) in [5, 5.41) is 2.97. The third-order valence-electron chi connectivity index (χ3n) is 8.99. The van der Waals surface area contributed by atoms with E-state index in [0.29, 0.717) is 37.2 Å². The Morgan fingerprint density at radius 2 is 1.51 bits per heavy atom. The molecule has 47 heavy (non-hydrogen) atoms. The van der Waals surface area contributed by atoms with Crippen molar-refractivity contribution in [3.8, 4) is 0 Å². The van der Waals surface area contributed by atoms with Crippen molar-refractivity contribution in [2.45, 2.75) is 71.3 Å². The zero-order valence-electron chi connectivity index (χ0n) is 28.5. The Hall–Kier alpha value is -3.83. The number of pyridine rings is 2. The van der Waals surface area contributed by atoms with Gasteiger partial charge in [-0.05, 0) is 116 Å². The lowest BCUT2D eigenvalue weighted by Crippen LogP contribution is -2.35. The van der Waals surface area contributed by atoms with E-state index < -0.39 is 6.04 Å². The molecule has 1 N–H and O–H groups in total. The summed E-state index contributed by atoms with van der Waals surface area (Å²) in [7, 11) is 4.28. The van der Waals surface area contributed by atoms with Crippen LogP contribution in [0.5, 0.6) is 0 Å². The van der Waals surface area contributed by atoms with Crippen LogP contribution in [0.1, 0.15) is 75.6 Å². The molecular formula is C36H52N6O5. The van der Waals surface area contributed by atoms with Crippen LogP contribution in [0.3, 0.4) is 0 Å². The number of likely N-dealkylation sites (tertiary alicyclic amines) is 2. The number of carbonyl (C=O) groups is 3. The van der Waals surface area contributed by atoms with Gasteiger partial charge in [0, 0.05) is 25.2 Å². The second-order valence-electron chi connectivity index (χ2n) is 12.7. The standard InChI is InChI=1S/C18H27N3O3.C18H25N3O2/c1-3-24-18(23)13-16(15-6-4-5-9-19-15)20-17(22)12-14-7-10-21(2)11-8-14;1-3-23-18(22)13-15-16-6-4-5-9-21(16)17(19-15)12-14-7-10-20(2)11-8-14/h4-6,9,14,16H,3,7-8,10-13H2,1-2H3,(H,20,22);4-6,9,14H,3,7-8,10-13H2,1-2H3. The van der Waals surface area contributed by atoms with E-state index in [1.54, 1.807) is 13.1 Å². The summed E-state index contributed by atoms with van der Waals surface area (Å²) < 4.78 is 12.2. The van der Waals surface area contributed by atoms with Gasteiger partial charge in [-0.3, -0.25) is 19.4 Å². The Balaban J connectivity index is 0.000000213. The molecule has 1 amide bonds. The number of nitrogens with zero attached hydrogens (tertiary/aromatic N) is 5. The number of amides is 1. The van der Waals surface area contributed by atoms with Crippen LogP contribution in [-0.4, -0.2) is 95.5 Å². The molecule has 2 saturated heterocycles. The number of aromatic nitrogens is 3. The molecular weight excluding hydrogens is 596 g/mol. The summed E-state index contributed by atoms with van der Waals surface area (Å²) in [4.78, 5) is 49.8. The van der Waals surface area contributed by atoms with Crippen LogP contribution in [0.4, 0.5) is 0 Å². The largest absolute Gasteiger partial charge is 0.466 e. The number of fused-ring (bicyclic) bond motifs is 1. The van der Waals surface area contributed by atoms with Gasteiger partial charge < -0.3 is 29.0 Å². The zero-order chi connectivity index (χ0) is 33.6. The van der Waals surface area contributed by atoms with Gasteiger partial charge in [0.05, 0.1) is 49.0 Å².